The van der Waals surface area contributed by atoms with Crippen molar-refractivity contribution in [1.29, 1.82) is 0 Å². The summed E-state index contributed by atoms with van der Waals surface area (Å²) in [6, 6.07) is 0. The quantitative estimate of drug-likeness (QED) is 0.730. The summed E-state index contributed by atoms with van der Waals surface area (Å²) in [5, 5.41) is 0. The van der Waals surface area contributed by atoms with Crippen molar-refractivity contribution in [3.05, 3.63) is 35.6 Å². The lowest BCUT2D eigenvalue weighted by atomic mass is 10.1. The van der Waals surface area contributed by atoms with Crippen LogP contribution in [0.1, 0.15) is 17.8 Å². The fraction of sp³-hybridized carbons (Fsp3) is 0.364. The molecule has 0 bridgehead atoms. The van der Waals surface area contributed by atoms with Gasteiger partial charge in [-0.05, 0) is 25.0 Å². The van der Waals surface area contributed by atoms with Gasteiger partial charge in [0.2, 0.25) is 0 Å². The maximum Gasteiger partial charge on any atom is 0.0929 e. The maximum atomic E-state index is 4.30. The van der Waals surface area contributed by atoms with Crippen LogP contribution in [0, 0.1) is 0 Å². The normalized spacial score (nSPS) is 19.1. The third kappa shape index (κ3) is 1.71. The van der Waals surface area contributed by atoms with Crippen LogP contribution in [-0.2, 0) is 6.42 Å². The number of allylic oxidation sites excluding steroid dienone is 2. The molecule has 14 heavy (non-hydrogen) atoms. The average Bonchev–Trinajstić information content (AvgIpc) is 2.50. The SMILES string of the molecule is CN(C)/C1=C/c2nc[nH]c2CCC=C1. The van der Waals surface area contributed by atoms with E-state index in [4.69, 9.17) is 0 Å². The van der Waals surface area contributed by atoms with Gasteiger partial charge in [0, 0.05) is 25.5 Å². The second kappa shape index (κ2) is 3.70. The van der Waals surface area contributed by atoms with E-state index < -0.39 is 0 Å². The molecule has 2 rings (SSSR count). The summed E-state index contributed by atoms with van der Waals surface area (Å²) >= 11 is 0. The Morgan fingerprint density at radius 1 is 1.43 bits per heavy atom. The van der Waals surface area contributed by atoms with Gasteiger partial charge in [-0.1, -0.05) is 6.08 Å². The topological polar surface area (TPSA) is 31.9 Å². The first-order valence-electron chi connectivity index (χ1n) is 4.85. The standard InChI is InChI=1S/C11H15N3/c1-14(2)9-5-3-4-6-10-11(7-9)13-8-12-10/h3,5,7-8H,4,6H2,1-2H3,(H,12,13)/b5-3?,9-7+. The first kappa shape index (κ1) is 9.06. The number of likely N-dealkylation sites (N-methyl/N-ethyl adjacent to an activating group) is 1. The van der Waals surface area contributed by atoms with Crippen molar-refractivity contribution in [3.63, 3.8) is 0 Å². The minimum absolute atomic E-state index is 1.04. The number of rotatable bonds is 1. The molecule has 0 fully saturated rings. The largest absolute Gasteiger partial charge is 0.378 e. The zero-order valence-electron chi connectivity index (χ0n) is 8.62. The zero-order chi connectivity index (χ0) is 9.97. The Labute approximate surface area is 84.2 Å². The molecule has 3 heteroatoms. The van der Waals surface area contributed by atoms with E-state index in [1.54, 1.807) is 6.33 Å². The molecule has 1 N–H and O–H groups in total. The summed E-state index contributed by atoms with van der Waals surface area (Å²) < 4.78 is 0. The van der Waals surface area contributed by atoms with Gasteiger partial charge >= 0.3 is 0 Å². The molecule has 0 unspecified atom stereocenters. The van der Waals surface area contributed by atoms with E-state index in [0.717, 1.165) is 18.5 Å². The maximum absolute atomic E-state index is 4.30. The third-order valence-electron chi connectivity index (χ3n) is 2.40. The Kier molecular flexibility index (Phi) is 2.39. The van der Waals surface area contributed by atoms with E-state index in [9.17, 15) is 0 Å². The van der Waals surface area contributed by atoms with E-state index in [2.05, 4.69) is 33.1 Å². The molecule has 0 aromatic carbocycles. The molecule has 1 heterocycles. The van der Waals surface area contributed by atoms with Gasteiger partial charge in [-0.15, -0.1) is 0 Å². The van der Waals surface area contributed by atoms with Gasteiger partial charge in [0.25, 0.3) is 0 Å². The number of fused-ring (bicyclic) bond motifs is 1. The fourth-order valence-corrected chi connectivity index (χ4v) is 1.55. The van der Waals surface area contributed by atoms with Gasteiger partial charge in [-0.25, -0.2) is 4.98 Å². The predicted octanol–water partition coefficient (Wildman–Crippen LogP) is 1.81. The van der Waals surface area contributed by atoms with Gasteiger partial charge in [0.15, 0.2) is 0 Å². The third-order valence-corrected chi connectivity index (χ3v) is 2.40. The molecule has 1 aromatic rings. The Hall–Kier alpha value is -1.51. The highest BCUT2D eigenvalue weighted by Crippen LogP contribution is 2.16. The summed E-state index contributed by atoms with van der Waals surface area (Å²) in [6.07, 6.45) is 10.3. The fourth-order valence-electron chi connectivity index (χ4n) is 1.55. The highest BCUT2D eigenvalue weighted by molar-refractivity contribution is 5.54. The molecular formula is C11H15N3. The van der Waals surface area contributed by atoms with Crippen molar-refractivity contribution in [1.82, 2.24) is 14.9 Å². The number of hydrogen-bond acceptors (Lipinski definition) is 2. The van der Waals surface area contributed by atoms with Crippen LogP contribution >= 0.6 is 0 Å². The first-order chi connectivity index (χ1) is 6.77. The van der Waals surface area contributed by atoms with Gasteiger partial charge in [0.05, 0.1) is 12.0 Å². The average molecular weight is 189 g/mol. The summed E-state index contributed by atoms with van der Waals surface area (Å²) in [7, 11) is 4.09. The summed E-state index contributed by atoms with van der Waals surface area (Å²) in [6.45, 7) is 0. The number of hydrogen-bond donors (Lipinski definition) is 1. The van der Waals surface area contributed by atoms with Crippen LogP contribution in [0.3, 0.4) is 0 Å². The Morgan fingerprint density at radius 3 is 3.07 bits per heavy atom. The Bertz CT molecular complexity index is 372. The molecule has 1 aromatic heterocycles. The lowest BCUT2D eigenvalue weighted by Crippen LogP contribution is -2.09. The predicted molar refractivity (Wildman–Crippen MR) is 57.7 cm³/mol. The zero-order valence-corrected chi connectivity index (χ0v) is 8.62. The van der Waals surface area contributed by atoms with Crippen LogP contribution in [0.2, 0.25) is 0 Å². The van der Waals surface area contributed by atoms with E-state index in [0.29, 0.717) is 0 Å². The molecule has 1 aliphatic carbocycles. The highest BCUT2D eigenvalue weighted by Gasteiger charge is 2.06. The van der Waals surface area contributed by atoms with Crippen molar-refractivity contribution in [2.24, 2.45) is 0 Å². The van der Waals surface area contributed by atoms with Crippen LogP contribution < -0.4 is 0 Å². The van der Waals surface area contributed by atoms with Crippen molar-refractivity contribution in [2.75, 3.05) is 14.1 Å². The second-order valence-electron chi connectivity index (χ2n) is 3.67. The number of aromatic nitrogens is 2. The van der Waals surface area contributed by atoms with Crippen LogP contribution in [0.15, 0.2) is 24.2 Å². The van der Waals surface area contributed by atoms with E-state index >= 15 is 0 Å². The lowest BCUT2D eigenvalue weighted by Gasteiger charge is -2.14. The lowest BCUT2D eigenvalue weighted by molar-refractivity contribution is 0.533. The van der Waals surface area contributed by atoms with Crippen molar-refractivity contribution in [2.45, 2.75) is 12.8 Å². The van der Waals surface area contributed by atoms with Crippen LogP contribution in [-0.4, -0.2) is 29.0 Å². The van der Waals surface area contributed by atoms with Crippen molar-refractivity contribution < 1.29 is 0 Å². The van der Waals surface area contributed by atoms with Crippen LogP contribution in [0.5, 0.6) is 0 Å². The summed E-state index contributed by atoms with van der Waals surface area (Å²) in [5.74, 6) is 0. The molecule has 1 aliphatic rings. The van der Waals surface area contributed by atoms with Gasteiger partial charge in [-0.2, -0.15) is 0 Å². The number of aromatic amines is 1. The van der Waals surface area contributed by atoms with Gasteiger partial charge in [0.1, 0.15) is 0 Å². The minimum atomic E-state index is 1.04. The smallest absolute Gasteiger partial charge is 0.0929 e. The molecule has 74 valence electrons. The molecular weight excluding hydrogens is 174 g/mol. The van der Waals surface area contributed by atoms with Gasteiger partial charge in [-0.3, -0.25) is 0 Å². The Morgan fingerprint density at radius 2 is 2.29 bits per heavy atom. The molecule has 0 spiro atoms. The number of nitrogens with one attached hydrogen (secondary N) is 1. The number of nitrogens with zero attached hydrogens (tertiary/aromatic N) is 2. The summed E-state index contributed by atoms with van der Waals surface area (Å²) in [5.41, 5.74) is 3.49. The van der Waals surface area contributed by atoms with E-state index in [1.165, 1.54) is 11.4 Å². The minimum Gasteiger partial charge on any atom is -0.378 e. The van der Waals surface area contributed by atoms with Crippen LogP contribution in [0.4, 0.5) is 0 Å². The van der Waals surface area contributed by atoms with Gasteiger partial charge < -0.3 is 9.88 Å². The van der Waals surface area contributed by atoms with Crippen molar-refractivity contribution in [3.8, 4) is 0 Å². The molecule has 0 radical (unpaired) electrons. The molecule has 0 atom stereocenters. The highest BCUT2D eigenvalue weighted by atomic mass is 15.1. The second-order valence-corrected chi connectivity index (χ2v) is 3.67. The van der Waals surface area contributed by atoms with E-state index in [-0.39, 0.29) is 0 Å². The molecule has 3 nitrogen and oxygen atoms in total. The first-order valence-corrected chi connectivity index (χ1v) is 4.85. The molecule has 0 aliphatic heterocycles. The number of aryl methyl sites for hydroxylation is 1. The molecule has 0 saturated carbocycles. The molecule has 0 amide bonds. The Balaban J connectivity index is 2.41. The van der Waals surface area contributed by atoms with Crippen LogP contribution in [0.25, 0.3) is 6.08 Å². The number of imidazole rings is 1. The monoisotopic (exact) mass is 189 g/mol. The summed E-state index contributed by atoms with van der Waals surface area (Å²) in [4.78, 5) is 9.57. The number of H-pyrrole nitrogens is 1. The van der Waals surface area contributed by atoms with Crippen molar-refractivity contribution >= 4 is 6.08 Å². The molecule has 0 saturated heterocycles. The van der Waals surface area contributed by atoms with E-state index in [1.807, 2.05) is 14.1 Å².